The number of pyridine rings is 1. The average Bonchev–Trinajstić information content (AvgIpc) is 2.96. The Balaban J connectivity index is 1.67. The van der Waals surface area contributed by atoms with Crippen LogP contribution in [-0.4, -0.2) is 24.6 Å². The van der Waals surface area contributed by atoms with Gasteiger partial charge in [0.1, 0.15) is 12.1 Å². The molecule has 0 bridgehead atoms. The number of aromatic nitrogens is 5. The molecule has 0 spiro atoms. The van der Waals surface area contributed by atoms with Gasteiger partial charge in [0, 0.05) is 11.6 Å². The Morgan fingerprint density at radius 1 is 0.952 bits per heavy atom. The van der Waals surface area contributed by atoms with Crippen molar-refractivity contribution >= 4 is 22.4 Å². The van der Waals surface area contributed by atoms with Gasteiger partial charge in [-0.15, -0.1) is 10.2 Å². The van der Waals surface area contributed by atoms with Crippen molar-refractivity contribution in [3.63, 3.8) is 0 Å². The average molecular weight is 276 g/mol. The topological polar surface area (TPSA) is 68.0 Å². The zero-order valence-electron chi connectivity index (χ0n) is 11.1. The molecule has 1 N–H and O–H groups in total. The first kappa shape index (κ1) is 11.8. The van der Waals surface area contributed by atoms with Crippen LogP contribution in [0.3, 0.4) is 0 Å². The standard InChI is InChI=1S/C15H12N6/c1-2-6-12-11(5-1)15(18-10-17-12)16-9-14-20-19-13-7-3-4-8-21(13)14/h1-8,10H,9H2,(H,16,17,18). The molecule has 0 fully saturated rings. The lowest BCUT2D eigenvalue weighted by molar-refractivity contribution is 0.912. The number of nitrogens with zero attached hydrogens (tertiary/aromatic N) is 5. The minimum absolute atomic E-state index is 0.548. The van der Waals surface area contributed by atoms with E-state index in [2.05, 4.69) is 25.5 Å². The SMILES string of the molecule is c1ccc2c(NCc3nnc4ccccn34)ncnc2c1. The van der Waals surface area contributed by atoms with E-state index < -0.39 is 0 Å². The number of benzene rings is 1. The molecule has 0 saturated heterocycles. The first-order chi connectivity index (χ1) is 10.4. The zero-order valence-corrected chi connectivity index (χ0v) is 11.1. The summed E-state index contributed by atoms with van der Waals surface area (Å²) in [4.78, 5) is 8.56. The van der Waals surface area contributed by atoms with Gasteiger partial charge in [-0.05, 0) is 24.3 Å². The van der Waals surface area contributed by atoms with E-state index in [4.69, 9.17) is 0 Å². The highest BCUT2D eigenvalue weighted by Gasteiger charge is 2.06. The fraction of sp³-hybridized carbons (Fsp3) is 0.0667. The van der Waals surface area contributed by atoms with E-state index in [-0.39, 0.29) is 0 Å². The van der Waals surface area contributed by atoms with Gasteiger partial charge in [0.25, 0.3) is 0 Å². The van der Waals surface area contributed by atoms with Crippen LogP contribution in [0.1, 0.15) is 5.82 Å². The fourth-order valence-corrected chi connectivity index (χ4v) is 2.32. The van der Waals surface area contributed by atoms with Crippen molar-refractivity contribution in [3.8, 4) is 0 Å². The Labute approximate surface area is 120 Å². The number of para-hydroxylation sites is 1. The van der Waals surface area contributed by atoms with Crippen LogP contribution in [0.2, 0.25) is 0 Å². The largest absolute Gasteiger partial charge is 0.362 e. The second kappa shape index (κ2) is 4.82. The van der Waals surface area contributed by atoms with E-state index in [0.717, 1.165) is 28.2 Å². The van der Waals surface area contributed by atoms with Crippen molar-refractivity contribution in [1.82, 2.24) is 24.6 Å². The zero-order chi connectivity index (χ0) is 14.1. The summed E-state index contributed by atoms with van der Waals surface area (Å²) in [7, 11) is 0. The second-order valence-electron chi connectivity index (χ2n) is 4.64. The smallest absolute Gasteiger partial charge is 0.160 e. The Hall–Kier alpha value is -3.02. The van der Waals surface area contributed by atoms with Gasteiger partial charge in [0.2, 0.25) is 0 Å². The third kappa shape index (κ3) is 2.06. The highest BCUT2D eigenvalue weighted by Crippen LogP contribution is 2.18. The molecule has 4 aromatic rings. The van der Waals surface area contributed by atoms with Crippen LogP contribution in [0.25, 0.3) is 16.6 Å². The third-order valence-corrected chi connectivity index (χ3v) is 3.34. The summed E-state index contributed by atoms with van der Waals surface area (Å²) in [5.74, 6) is 1.64. The molecule has 0 aliphatic rings. The first-order valence-corrected chi connectivity index (χ1v) is 6.64. The third-order valence-electron chi connectivity index (χ3n) is 3.34. The number of hydrogen-bond acceptors (Lipinski definition) is 5. The van der Waals surface area contributed by atoms with Crippen molar-refractivity contribution in [2.45, 2.75) is 6.54 Å². The Kier molecular flexibility index (Phi) is 2.71. The first-order valence-electron chi connectivity index (χ1n) is 6.64. The van der Waals surface area contributed by atoms with Crippen LogP contribution in [0.15, 0.2) is 55.0 Å². The maximum atomic E-state index is 4.31. The van der Waals surface area contributed by atoms with Crippen molar-refractivity contribution in [2.24, 2.45) is 0 Å². The number of anilines is 1. The van der Waals surface area contributed by atoms with Crippen LogP contribution in [-0.2, 0) is 6.54 Å². The lowest BCUT2D eigenvalue weighted by Gasteiger charge is -2.07. The molecule has 3 aromatic heterocycles. The summed E-state index contributed by atoms with van der Waals surface area (Å²) in [5, 5.41) is 12.6. The minimum Gasteiger partial charge on any atom is -0.362 e. The molecule has 0 aliphatic heterocycles. The number of nitrogens with one attached hydrogen (secondary N) is 1. The second-order valence-corrected chi connectivity index (χ2v) is 4.64. The normalized spacial score (nSPS) is 11.0. The highest BCUT2D eigenvalue weighted by atomic mass is 15.3. The molecule has 3 heterocycles. The number of hydrogen-bond donors (Lipinski definition) is 1. The van der Waals surface area contributed by atoms with Gasteiger partial charge < -0.3 is 5.32 Å². The molecule has 0 amide bonds. The maximum Gasteiger partial charge on any atom is 0.160 e. The monoisotopic (exact) mass is 276 g/mol. The highest BCUT2D eigenvalue weighted by molar-refractivity contribution is 5.88. The fourth-order valence-electron chi connectivity index (χ4n) is 2.32. The molecule has 0 atom stereocenters. The molecule has 0 radical (unpaired) electrons. The van der Waals surface area contributed by atoms with Gasteiger partial charge in [0.15, 0.2) is 11.5 Å². The molecular weight excluding hydrogens is 264 g/mol. The molecule has 6 heteroatoms. The van der Waals surface area contributed by atoms with Crippen LogP contribution in [0.5, 0.6) is 0 Å². The summed E-state index contributed by atoms with van der Waals surface area (Å²) in [5.41, 5.74) is 1.75. The van der Waals surface area contributed by atoms with Crippen molar-refractivity contribution in [3.05, 3.63) is 60.8 Å². The molecule has 21 heavy (non-hydrogen) atoms. The number of fused-ring (bicyclic) bond motifs is 2. The van der Waals surface area contributed by atoms with E-state index in [1.807, 2.05) is 53.1 Å². The van der Waals surface area contributed by atoms with Crippen molar-refractivity contribution in [1.29, 1.82) is 0 Å². The van der Waals surface area contributed by atoms with E-state index in [0.29, 0.717) is 6.54 Å². The molecule has 0 saturated carbocycles. The maximum absolute atomic E-state index is 4.31. The molecule has 1 aromatic carbocycles. The van der Waals surface area contributed by atoms with Gasteiger partial charge in [0.05, 0.1) is 12.1 Å². The van der Waals surface area contributed by atoms with Crippen LogP contribution in [0, 0.1) is 0 Å². The molecule has 0 aliphatic carbocycles. The molecule has 0 unspecified atom stereocenters. The summed E-state index contributed by atoms with van der Waals surface area (Å²) < 4.78 is 1.95. The molecule has 102 valence electrons. The van der Waals surface area contributed by atoms with Crippen molar-refractivity contribution < 1.29 is 0 Å². The van der Waals surface area contributed by atoms with Crippen LogP contribution >= 0.6 is 0 Å². The van der Waals surface area contributed by atoms with E-state index >= 15 is 0 Å². The Morgan fingerprint density at radius 2 is 1.86 bits per heavy atom. The summed E-state index contributed by atoms with van der Waals surface area (Å²) in [6.07, 6.45) is 3.51. The van der Waals surface area contributed by atoms with E-state index in [1.165, 1.54) is 0 Å². The Bertz CT molecular complexity index is 909. The lowest BCUT2D eigenvalue weighted by atomic mass is 10.2. The van der Waals surface area contributed by atoms with Gasteiger partial charge in [-0.3, -0.25) is 4.40 Å². The predicted molar refractivity (Wildman–Crippen MR) is 79.9 cm³/mol. The predicted octanol–water partition coefficient (Wildman–Crippen LogP) is 2.28. The van der Waals surface area contributed by atoms with Gasteiger partial charge >= 0.3 is 0 Å². The quantitative estimate of drug-likeness (QED) is 0.621. The van der Waals surface area contributed by atoms with Crippen molar-refractivity contribution in [2.75, 3.05) is 5.32 Å². The summed E-state index contributed by atoms with van der Waals surface area (Å²) in [6.45, 7) is 0.548. The van der Waals surface area contributed by atoms with Crippen LogP contribution in [0.4, 0.5) is 5.82 Å². The van der Waals surface area contributed by atoms with Gasteiger partial charge in [-0.25, -0.2) is 9.97 Å². The van der Waals surface area contributed by atoms with Crippen LogP contribution < -0.4 is 5.32 Å². The Morgan fingerprint density at radius 3 is 2.86 bits per heavy atom. The summed E-state index contributed by atoms with van der Waals surface area (Å²) in [6, 6.07) is 13.7. The van der Waals surface area contributed by atoms with Gasteiger partial charge in [-0.2, -0.15) is 0 Å². The molecule has 6 nitrogen and oxygen atoms in total. The lowest BCUT2D eigenvalue weighted by Crippen LogP contribution is -2.06. The van der Waals surface area contributed by atoms with Gasteiger partial charge in [-0.1, -0.05) is 18.2 Å². The summed E-state index contributed by atoms with van der Waals surface area (Å²) >= 11 is 0. The molecule has 4 rings (SSSR count). The van der Waals surface area contributed by atoms with E-state index in [1.54, 1.807) is 6.33 Å². The molecular formula is C15H12N6. The van der Waals surface area contributed by atoms with E-state index in [9.17, 15) is 0 Å². The number of rotatable bonds is 3. The minimum atomic E-state index is 0.548.